The van der Waals surface area contributed by atoms with Gasteiger partial charge in [-0.25, -0.2) is 14.8 Å². The molecule has 3 aromatic heterocycles. The van der Waals surface area contributed by atoms with Crippen molar-refractivity contribution in [1.82, 2.24) is 29.9 Å². The van der Waals surface area contributed by atoms with E-state index in [2.05, 4.69) is 25.6 Å². The average Bonchev–Trinajstić information content (AvgIpc) is 3.29. The molecule has 0 saturated carbocycles. The Balaban J connectivity index is 1.64. The molecule has 3 heterocycles. The van der Waals surface area contributed by atoms with Crippen LogP contribution in [0.4, 0.5) is 5.82 Å². The van der Waals surface area contributed by atoms with Gasteiger partial charge in [0.05, 0.1) is 11.1 Å². The summed E-state index contributed by atoms with van der Waals surface area (Å²) in [6, 6.07) is 9.47. The molecule has 9 nitrogen and oxygen atoms in total. The smallest absolute Gasteiger partial charge is 0.334 e. The largest absolute Gasteiger partial charge is 0.368 e. The van der Waals surface area contributed by atoms with E-state index in [0.29, 0.717) is 23.0 Å². The Morgan fingerprint density at radius 2 is 2.10 bits per heavy atom. The van der Waals surface area contributed by atoms with Crippen molar-refractivity contribution >= 4 is 44.8 Å². The number of hydrogen-bond acceptors (Lipinski definition) is 9. The summed E-state index contributed by atoms with van der Waals surface area (Å²) in [5, 5.41) is 12.6. The maximum atomic E-state index is 12.3. The van der Waals surface area contributed by atoms with Crippen molar-refractivity contribution in [2.75, 3.05) is 6.26 Å². The van der Waals surface area contributed by atoms with Gasteiger partial charge in [-0.2, -0.15) is 9.36 Å². The summed E-state index contributed by atoms with van der Waals surface area (Å²) in [6.45, 7) is 2.01. The Kier molecular flexibility index (Phi) is 5.49. The topological polar surface area (TPSA) is 104 Å². The van der Waals surface area contributed by atoms with Gasteiger partial charge in [0, 0.05) is 19.0 Å². The first-order valence-corrected chi connectivity index (χ1v) is 10.8. The van der Waals surface area contributed by atoms with Crippen molar-refractivity contribution in [3.8, 4) is 5.69 Å². The van der Waals surface area contributed by atoms with E-state index in [1.807, 2.05) is 43.5 Å². The summed E-state index contributed by atoms with van der Waals surface area (Å²) >= 11 is 3.08. The second-order valence-electron chi connectivity index (χ2n) is 6.10. The highest BCUT2D eigenvalue weighted by Gasteiger charge is 2.15. The third-order valence-electron chi connectivity index (χ3n) is 4.28. The van der Waals surface area contributed by atoms with Crippen LogP contribution in [-0.2, 0) is 12.8 Å². The third-order valence-corrected chi connectivity index (χ3v) is 6.34. The van der Waals surface area contributed by atoms with Crippen LogP contribution in [0.15, 0.2) is 50.8 Å². The summed E-state index contributed by atoms with van der Waals surface area (Å²) < 4.78 is 8.57. The second kappa shape index (κ2) is 8.21. The van der Waals surface area contributed by atoms with E-state index in [0.717, 1.165) is 20.9 Å². The van der Waals surface area contributed by atoms with Crippen molar-refractivity contribution < 1.29 is 4.52 Å². The summed E-state index contributed by atoms with van der Waals surface area (Å²) in [7, 11) is 1.58. The maximum absolute atomic E-state index is 12.3. The first-order chi connectivity index (χ1) is 14.1. The molecule has 29 heavy (non-hydrogen) atoms. The Morgan fingerprint density at radius 3 is 2.86 bits per heavy atom. The Bertz CT molecular complexity index is 1260. The van der Waals surface area contributed by atoms with Crippen LogP contribution in [0.2, 0.25) is 0 Å². The molecule has 4 aromatic rings. The van der Waals surface area contributed by atoms with Crippen LogP contribution < -0.4 is 5.69 Å². The summed E-state index contributed by atoms with van der Waals surface area (Å²) in [6.07, 6.45) is 3.61. The second-order valence-corrected chi connectivity index (χ2v) is 8.12. The average molecular weight is 428 g/mol. The van der Waals surface area contributed by atoms with Crippen molar-refractivity contribution in [2.45, 2.75) is 12.7 Å². The van der Waals surface area contributed by atoms with Crippen LogP contribution in [0.25, 0.3) is 16.8 Å². The fourth-order valence-electron chi connectivity index (χ4n) is 2.75. The van der Waals surface area contributed by atoms with Crippen LogP contribution in [0.3, 0.4) is 0 Å². The maximum Gasteiger partial charge on any atom is 0.368 e. The standard InChI is InChI=1S/C18H17N7O2S2/c1-11-6-4-8-14(25-18(26)24(2)22-23-25)13(11)10-29-17(28-3)20-15-12-7-5-9-19-16(12)27-21-15/h4-9H,10H2,1-3H3/b20-17-. The zero-order chi connectivity index (χ0) is 20.4. The number of benzene rings is 1. The number of tetrazole rings is 1. The van der Waals surface area contributed by atoms with Crippen LogP contribution in [0.5, 0.6) is 0 Å². The summed E-state index contributed by atoms with van der Waals surface area (Å²) in [5.41, 5.74) is 2.94. The molecule has 11 heteroatoms. The zero-order valence-corrected chi connectivity index (χ0v) is 17.6. The quantitative estimate of drug-likeness (QED) is 0.361. The normalized spacial score (nSPS) is 12.0. The number of pyridine rings is 1. The molecule has 0 fully saturated rings. The number of aliphatic imine (C=N–C) groups is 1. The third kappa shape index (κ3) is 3.83. The van der Waals surface area contributed by atoms with Gasteiger partial charge < -0.3 is 4.52 Å². The van der Waals surface area contributed by atoms with Gasteiger partial charge in [0.15, 0.2) is 0 Å². The molecule has 4 rings (SSSR count). The number of hydrogen-bond donors (Lipinski definition) is 0. The van der Waals surface area contributed by atoms with E-state index >= 15 is 0 Å². The summed E-state index contributed by atoms with van der Waals surface area (Å²) in [4.78, 5) is 21.1. The van der Waals surface area contributed by atoms with Gasteiger partial charge in [-0.15, -0.1) is 11.8 Å². The van der Waals surface area contributed by atoms with Crippen LogP contribution in [0, 0.1) is 6.92 Å². The van der Waals surface area contributed by atoms with Gasteiger partial charge >= 0.3 is 5.69 Å². The van der Waals surface area contributed by atoms with Gasteiger partial charge in [-0.1, -0.05) is 29.1 Å². The molecule has 0 amide bonds. The molecule has 0 spiro atoms. The van der Waals surface area contributed by atoms with Crippen LogP contribution in [-0.4, -0.2) is 40.6 Å². The van der Waals surface area contributed by atoms with Crippen molar-refractivity contribution in [1.29, 1.82) is 0 Å². The first kappa shape index (κ1) is 19.4. The fourth-order valence-corrected chi connectivity index (χ4v) is 4.37. The molecular weight excluding hydrogens is 410 g/mol. The highest BCUT2D eigenvalue weighted by atomic mass is 32.2. The molecule has 1 aromatic carbocycles. The minimum absolute atomic E-state index is 0.290. The number of aryl methyl sites for hydroxylation is 2. The zero-order valence-electron chi connectivity index (χ0n) is 15.9. The Hall–Kier alpha value is -2.92. The highest BCUT2D eigenvalue weighted by Crippen LogP contribution is 2.30. The predicted octanol–water partition coefficient (Wildman–Crippen LogP) is 3.09. The summed E-state index contributed by atoms with van der Waals surface area (Å²) in [5.74, 6) is 1.11. The molecule has 0 aliphatic heterocycles. The van der Waals surface area contributed by atoms with Gasteiger partial charge in [-0.05, 0) is 52.9 Å². The van der Waals surface area contributed by atoms with E-state index in [4.69, 9.17) is 4.52 Å². The molecule has 0 N–H and O–H groups in total. The molecule has 0 atom stereocenters. The number of aromatic nitrogens is 6. The number of rotatable bonds is 4. The number of thioether (sulfide) groups is 2. The van der Waals surface area contributed by atoms with E-state index in [9.17, 15) is 4.79 Å². The van der Waals surface area contributed by atoms with Crippen molar-refractivity contribution in [3.05, 3.63) is 58.1 Å². The Labute approximate surface area is 174 Å². The minimum Gasteiger partial charge on any atom is -0.334 e. The first-order valence-electron chi connectivity index (χ1n) is 8.62. The number of nitrogens with zero attached hydrogens (tertiary/aromatic N) is 7. The molecule has 0 aliphatic rings. The van der Waals surface area contributed by atoms with Crippen LogP contribution in [0.1, 0.15) is 11.1 Å². The monoisotopic (exact) mass is 427 g/mol. The number of fused-ring (bicyclic) bond motifs is 1. The minimum atomic E-state index is -0.290. The fraction of sp³-hybridized carbons (Fsp3) is 0.222. The highest BCUT2D eigenvalue weighted by molar-refractivity contribution is 8.38. The van der Waals surface area contributed by atoms with Gasteiger partial charge in [-0.3, -0.25) is 0 Å². The molecule has 148 valence electrons. The lowest BCUT2D eigenvalue weighted by atomic mass is 10.1. The lowest BCUT2D eigenvalue weighted by Gasteiger charge is -2.11. The molecule has 0 bridgehead atoms. The van der Waals surface area contributed by atoms with E-state index in [1.54, 1.807) is 25.0 Å². The van der Waals surface area contributed by atoms with Crippen molar-refractivity contribution in [2.24, 2.45) is 12.0 Å². The van der Waals surface area contributed by atoms with Crippen LogP contribution >= 0.6 is 23.5 Å². The van der Waals surface area contributed by atoms with Gasteiger partial charge in [0.2, 0.25) is 5.82 Å². The molecular formula is C18H17N7O2S2. The SMILES string of the molecule is CS/C(=N/c1noc2ncccc12)SCc1c(C)cccc1-n1nnn(C)c1=O. The van der Waals surface area contributed by atoms with Gasteiger partial charge in [0.1, 0.15) is 4.38 Å². The predicted molar refractivity (Wildman–Crippen MR) is 115 cm³/mol. The molecule has 0 aliphatic carbocycles. The molecule has 0 radical (unpaired) electrons. The van der Waals surface area contributed by atoms with E-state index in [1.165, 1.54) is 21.1 Å². The molecule has 0 unspecified atom stereocenters. The van der Waals surface area contributed by atoms with Gasteiger partial charge in [0.25, 0.3) is 5.71 Å². The van der Waals surface area contributed by atoms with E-state index < -0.39 is 0 Å². The lowest BCUT2D eigenvalue weighted by molar-refractivity contribution is 0.451. The lowest BCUT2D eigenvalue weighted by Crippen LogP contribution is -2.23. The van der Waals surface area contributed by atoms with Crippen molar-refractivity contribution in [3.63, 3.8) is 0 Å². The molecule has 0 saturated heterocycles. The van der Waals surface area contributed by atoms with E-state index in [-0.39, 0.29) is 5.69 Å². The Morgan fingerprint density at radius 1 is 1.24 bits per heavy atom.